The fourth-order valence-corrected chi connectivity index (χ4v) is 0.0711. The van der Waals surface area contributed by atoms with E-state index in [4.69, 9.17) is 11.1 Å². The molecule has 0 aromatic heterocycles. The molecule has 0 unspecified atom stereocenters. The molecule has 54 valence electrons. The molecule has 0 aliphatic carbocycles. The number of hydrogen-bond acceptors (Lipinski definition) is 2. The molecule has 0 fully saturated rings. The van der Waals surface area contributed by atoms with E-state index in [0.29, 0.717) is 0 Å². The van der Waals surface area contributed by atoms with Crippen LogP contribution in [0.4, 0.5) is 0 Å². The van der Waals surface area contributed by atoms with Crippen LogP contribution in [0, 0.1) is 10.8 Å². The van der Waals surface area contributed by atoms with Crippen molar-refractivity contribution in [2.45, 2.75) is 13.8 Å². The largest absolute Gasteiger partial charge is 0.369 e. The second-order valence-corrected chi connectivity index (χ2v) is 2.23. The highest BCUT2D eigenvalue weighted by Gasteiger charge is 2.20. The van der Waals surface area contributed by atoms with Crippen molar-refractivity contribution in [1.82, 2.24) is 0 Å². The second-order valence-electron chi connectivity index (χ2n) is 2.23. The number of halogens is 1. The van der Waals surface area contributed by atoms with E-state index in [0.717, 1.165) is 6.21 Å². The molecule has 0 saturated heterocycles. The number of nitrogens with one attached hydrogen (secondary N) is 1. The lowest BCUT2D eigenvalue weighted by Crippen LogP contribution is -2.32. The van der Waals surface area contributed by atoms with Crippen molar-refractivity contribution in [1.29, 1.82) is 5.41 Å². The van der Waals surface area contributed by atoms with Gasteiger partial charge in [0, 0.05) is 6.21 Å². The number of amides is 1. The lowest BCUT2D eigenvalue weighted by Gasteiger charge is -2.11. The topological polar surface area (TPSA) is 66.9 Å². The molecule has 0 heterocycles. The molecule has 0 aromatic rings. The van der Waals surface area contributed by atoms with E-state index in [1.807, 2.05) is 0 Å². The predicted molar refractivity (Wildman–Crippen MR) is 39.0 cm³/mol. The van der Waals surface area contributed by atoms with Crippen molar-refractivity contribution < 1.29 is 4.79 Å². The Bertz CT molecular complexity index is 122. The number of carbonyl (C=O) groups is 1. The average Bonchev–Trinajstić information content (AvgIpc) is 1.67. The van der Waals surface area contributed by atoms with E-state index in [9.17, 15) is 4.79 Å². The van der Waals surface area contributed by atoms with Gasteiger partial charge in [0.2, 0.25) is 5.91 Å². The first-order valence-electron chi connectivity index (χ1n) is 2.32. The Morgan fingerprint density at radius 3 is 2.00 bits per heavy atom. The Morgan fingerprint density at radius 1 is 1.67 bits per heavy atom. The summed E-state index contributed by atoms with van der Waals surface area (Å²) in [4.78, 5) is 10.3. The summed E-state index contributed by atoms with van der Waals surface area (Å²) in [6.07, 6.45) is 1.04. The summed E-state index contributed by atoms with van der Waals surface area (Å²) in [6.45, 7) is 3.20. The Balaban J connectivity index is 0. The molecule has 0 aliphatic heterocycles. The molecule has 0 rings (SSSR count). The van der Waals surface area contributed by atoms with E-state index in [1.54, 1.807) is 13.8 Å². The molecule has 0 atom stereocenters. The van der Waals surface area contributed by atoms with Crippen LogP contribution in [0.5, 0.6) is 0 Å². The van der Waals surface area contributed by atoms with Gasteiger partial charge in [-0.1, -0.05) is 0 Å². The van der Waals surface area contributed by atoms with Crippen LogP contribution in [0.2, 0.25) is 0 Å². The van der Waals surface area contributed by atoms with E-state index in [2.05, 4.69) is 0 Å². The number of hydrogen-bond donors (Lipinski definition) is 2. The first-order valence-corrected chi connectivity index (χ1v) is 2.32. The quantitative estimate of drug-likeness (QED) is 0.556. The SMILES string of the molecule is CC(C)(C=N)C(N)=O.Cl. The van der Waals surface area contributed by atoms with Gasteiger partial charge in [-0.15, -0.1) is 12.4 Å². The number of rotatable bonds is 2. The lowest BCUT2D eigenvalue weighted by molar-refractivity contribution is -0.122. The summed E-state index contributed by atoms with van der Waals surface area (Å²) in [5, 5.41) is 6.71. The minimum absolute atomic E-state index is 0. The molecular weight excluding hydrogens is 140 g/mol. The number of carbonyl (C=O) groups excluding carboxylic acids is 1. The van der Waals surface area contributed by atoms with Crippen LogP contribution in [0.25, 0.3) is 0 Å². The molecule has 9 heavy (non-hydrogen) atoms. The Hall–Kier alpha value is -0.570. The van der Waals surface area contributed by atoms with Crippen molar-refractivity contribution >= 4 is 24.5 Å². The van der Waals surface area contributed by atoms with Crippen molar-refractivity contribution in [3.05, 3.63) is 0 Å². The molecule has 0 bridgehead atoms. The zero-order valence-electron chi connectivity index (χ0n) is 5.47. The third-order valence-corrected chi connectivity index (χ3v) is 0.996. The highest BCUT2D eigenvalue weighted by molar-refractivity contribution is 5.95. The van der Waals surface area contributed by atoms with Crippen molar-refractivity contribution in [2.24, 2.45) is 11.1 Å². The predicted octanol–water partition coefficient (Wildman–Crippen LogP) is 0.569. The first-order chi connectivity index (χ1) is 3.50. The van der Waals surface area contributed by atoms with Crippen LogP contribution in [-0.2, 0) is 4.79 Å². The van der Waals surface area contributed by atoms with Gasteiger partial charge in [-0.3, -0.25) is 4.79 Å². The summed E-state index contributed by atoms with van der Waals surface area (Å²) in [5.74, 6) is -0.465. The van der Waals surface area contributed by atoms with Crippen LogP contribution >= 0.6 is 12.4 Å². The maximum absolute atomic E-state index is 10.3. The van der Waals surface area contributed by atoms with Gasteiger partial charge in [-0.2, -0.15) is 0 Å². The van der Waals surface area contributed by atoms with Gasteiger partial charge in [-0.05, 0) is 13.8 Å². The summed E-state index contributed by atoms with van der Waals surface area (Å²) in [6, 6.07) is 0. The molecule has 0 aliphatic rings. The summed E-state index contributed by atoms with van der Waals surface area (Å²) >= 11 is 0. The molecule has 0 saturated carbocycles. The molecule has 0 radical (unpaired) electrons. The smallest absolute Gasteiger partial charge is 0.228 e. The van der Waals surface area contributed by atoms with Crippen LogP contribution < -0.4 is 5.73 Å². The maximum atomic E-state index is 10.3. The standard InChI is InChI=1S/C5H10N2O.ClH/c1-5(2,3-6)4(7)8;/h3,6H,1-2H3,(H2,7,8);1H. The second kappa shape index (κ2) is 3.45. The van der Waals surface area contributed by atoms with Crippen molar-refractivity contribution in [2.75, 3.05) is 0 Å². The van der Waals surface area contributed by atoms with Gasteiger partial charge in [0.15, 0.2) is 0 Å². The minimum Gasteiger partial charge on any atom is -0.369 e. The van der Waals surface area contributed by atoms with Gasteiger partial charge in [0.25, 0.3) is 0 Å². The highest BCUT2D eigenvalue weighted by Crippen LogP contribution is 2.07. The van der Waals surface area contributed by atoms with E-state index in [-0.39, 0.29) is 12.4 Å². The molecule has 3 N–H and O–H groups in total. The number of primary amides is 1. The van der Waals surface area contributed by atoms with Gasteiger partial charge in [0.05, 0.1) is 5.41 Å². The van der Waals surface area contributed by atoms with E-state index in [1.165, 1.54) is 0 Å². The lowest BCUT2D eigenvalue weighted by atomic mass is 9.95. The minimum atomic E-state index is -0.778. The Labute approximate surface area is 60.5 Å². The molecule has 3 nitrogen and oxygen atoms in total. The number of nitrogens with two attached hydrogens (primary N) is 1. The molecular formula is C5H11ClN2O. The fraction of sp³-hybridized carbons (Fsp3) is 0.600. The van der Waals surface area contributed by atoms with Gasteiger partial charge >= 0.3 is 0 Å². The third-order valence-electron chi connectivity index (χ3n) is 0.996. The van der Waals surface area contributed by atoms with E-state index < -0.39 is 11.3 Å². The highest BCUT2D eigenvalue weighted by atomic mass is 35.5. The molecule has 4 heteroatoms. The maximum Gasteiger partial charge on any atom is 0.228 e. The van der Waals surface area contributed by atoms with Gasteiger partial charge < -0.3 is 11.1 Å². The molecule has 0 aromatic carbocycles. The summed E-state index contributed by atoms with van der Waals surface area (Å²) in [5.41, 5.74) is 4.11. The van der Waals surface area contributed by atoms with Crippen LogP contribution in [-0.4, -0.2) is 12.1 Å². The fourth-order valence-electron chi connectivity index (χ4n) is 0.0711. The Kier molecular flexibility index (Phi) is 4.32. The monoisotopic (exact) mass is 150 g/mol. The van der Waals surface area contributed by atoms with Crippen LogP contribution in [0.3, 0.4) is 0 Å². The van der Waals surface area contributed by atoms with Crippen molar-refractivity contribution in [3.8, 4) is 0 Å². The molecule has 1 amide bonds. The Morgan fingerprint density at radius 2 is 2.00 bits per heavy atom. The zero-order valence-corrected chi connectivity index (χ0v) is 6.29. The summed E-state index contributed by atoms with van der Waals surface area (Å²) < 4.78 is 0. The third kappa shape index (κ3) is 3.08. The zero-order chi connectivity index (χ0) is 6.78. The van der Waals surface area contributed by atoms with Gasteiger partial charge in [-0.25, -0.2) is 0 Å². The first kappa shape index (κ1) is 11.3. The van der Waals surface area contributed by atoms with Crippen LogP contribution in [0.1, 0.15) is 13.8 Å². The molecule has 0 spiro atoms. The van der Waals surface area contributed by atoms with Gasteiger partial charge in [0.1, 0.15) is 0 Å². The average molecular weight is 151 g/mol. The van der Waals surface area contributed by atoms with Crippen LogP contribution in [0.15, 0.2) is 0 Å². The summed E-state index contributed by atoms with van der Waals surface area (Å²) in [7, 11) is 0. The normalized spacial score (nSPS) is 9.56. The van der Waals surface area contributed by atoms with Crippen molar-refractivity contribution in [3.63, 3.8) is 0 Å². The van der Waals surface area contributed by atoms with E-state index >= 15 is 0 Å².